The Kier molecular flexibility index (Phi) is 3.83. The molecule has 128 valence electrons. The average Bonchev–Trinajstić information content (AvgIpc) is 2.65. The Hall–Kier alpha value is -2.96. The van der Waals surface area contributed by atoms with Crippen LogP contribution in [-0.4, -0.2) is 40.7 Å². The van der Waals surface area contributed by atoms with Gasteiger partial charge in [-0.25, -0.2) is 19.9 Å². The van der Waals surface area contributed by atoms with Crippen LogP contribution in [-0.2, 0) is 13.0 Å². The van der Waals surface area contributed by atoms with E-state index in [0.29, 0.717) is 11.5 Å². The first-order chi connectivity index (χ1) is 12.2. The highest BCUT2D eigenvalue weighted by Crippen LogP contribution is 2.35. The van der Waals surface area contributed by atoms with Gasteiger partial charge >= 0.3 is 0 Å². The summed E-state index contributed by atoms with van der Waals surface area (Å²) in [6, 6.07) is 3.81. The minimum Gasteiger partial charge on any atom is -0.493 e. The number of anilines is 1. The van der Waals surface area contributed by atoms with Crippen molar-refractivity contribution >= 4 is 16.7 Å². The van der Waals surface area contributed by atoms with E-state index >= 15 is 0 Å². The summed E-state index contributed by atoms with van der Waals surface area (Å²) in [7, 11) is 3.25. The molecule has 0 amide bonds. The Bertz CT molecular complexity index is 944. The zero-order chi connectivity index (χ0) is 17.4. The molecule has 0 atom stereocenters. The van der Waals surface area contributed by atoms with Gasteiger partial charge in [-0.15, -0.1) is 0 Å². The quantitative estimate of drug-likeness (QED) is 0.726. The summed E-state index contributed by atoms with van der Waals surface area (Å²) >= 11 is 0. The van der Waals surface area contributed by atoms with Crippen molar-refractivity contribution in [2.75, 3.05) is 25.7 Å². The molecule has 0 fully saturated rings. The van der Waals surface area contributed by atoms with Gasteiger partial charge in [0.15, 0.2) is 11.5 Å². The number of hydrogen-bond donors (Lipinski definition) is 0. The predicted molar refractivity (Wildman–Crippen MR) is 94.2 cm³/mol. The standard InChI is InChI=1S/C18H19N5O2/c1-11-19-8-12-9-23(5-4-14(12)22-11)18-13-6-16(24-2)17(25-3)7-15(13)20-10-21-18/h6-8,10H,4-5,9H2,1-3H3. The maximum Gasteiger partial charge on any atom is 0.162 e. The van der Waals surface area contributed by atoms with E-state index in [4.69, 9.17) is 9.47 Å². The lowest BCUT2D eigenvalue weighted by atomic mass is 10.1. The minimum atomic E-state index is 0.660. The molecule has 0 aliphatic carbocycles. The third kappa shape index (κ3) is 2.71. The zero-order valence-corrected chi connectivity index (χ0v) is 14.5. The van der Waals surface area contributed by atoms with Gasteiger partial charge in [0, 0.05) is 42.7 Å². The molecule has 0 bridgehead atoms. The molecule has 4 rings (SSSR count). The summed E-state index contributed by atoms with van der Waals surface area (Å²) in [6.07, 6.45) is 4.37. The van der Waals surface area contributed by atoms with Crippen LogP contribution < -0.4 is 14.4 Å². The molecule has 7 nitrogen and oxygen atoms in total. The van der Waals surface area contributed by atoms with Gasteiger partial charge in [-0.3, -0.25) is 0 Å². The van der Waals surface area contributed by atoms with E-state index in [9.17, 15) is 0 Å². The molecule has 2 aromatic heterocycles. The Labute approximate surface area is 145 Å². The number of aromatic nitrogens is 4. The van der Waals surface area contributed by atoms with Gasteiger partial charge in [-0.2, -0.15) is 0 Å². The van der Waals surface area contributed by atoms with Crippen molar-refractivity contribution in [3.05, 3.63) is 41.7 Å². The van der Waals surface area contributed by atoms with Crippen molar-refractivity contribution in [2.24, 2.45) is 0 Å². The molecule has 3 heterocycles. The van der Waals surface area contributed by atoms with Crippen LogP contribution >= 0.6 is 0 Å². The molecule has 0 radical (unpaired) electrons. The van der Waals surface area contributed by atoms with E-state index in [1.165, 1.54) is 0 Å². The van der Waals surface area contributed by atoms with Gasteiger partial charge < -0.3 is 14.4 Å². The van der Waals surface area contributed by atoms with Crippen molar-refractivity contribution in [1.29, 1.82) is 0 Å². The molecule has 1 aliphatic heterocycles. The van der Waals surface area contributed by atoms with Crippen LogP contribution in [0.4, 0.5) is 5.82 Å². The highest BCUT2D eigenvalue weighted by Gasteiger charge is 2.22. The first kappa shape index (κ1) is 15.6. The van der Waals surface area contributed by atoms with Crippen LogP contribution in [0.25, 0.3) is 10.9 Å². The minimum absolute atomic E-state index is 0.660. The number of nitrogens with zero attached hydrogens (tertiary/aromatic N) is 5. The highest BCUT2D eigenvalue weighted by molar-refractivity contribution is 5.92. The Morgan fingerprint density at radius 2 is 1.84 bits per heavy atom. The molecule has 0 saturated carbocycles. The van der Waals surface area contributed by atoms with Gasteiger partial charge in [0.25, 0.3) is 0 Å². The van der Waals surface area contributed by atoms with Crippen molar-refractivity contribution in [1.82, 2.24) is 19.9 Å². The first-order valence-corrected chi connectivity index (χ1v) is 8.12. The summed E-state index contributed by atoms with van der Waals surface area (Å²) in [5.74, 6) is 3.03. The van der Waals surface area contributed by atoms with E-state index in [1.807, 2.05) is 25.3 Å². The molecule has 1 aromatic carbocycles. The smallest absolute Gasteiger partial charge is 0.162 e. The van der Waals surface area contributed by atoms with Crippen LogP contribution in [0.3, 0.4) is 0 Å². The molecule has 25 heavy (non-hydrogen) atoms. The lowest BCUT2D eigenvalue weighted by molar-refractivity contribution is 0.356. The van der Waals surface area contributed by atoms with Crippen molar-refractivity contribution in [3.8, 4) is 11.5 Å². The lowest BCUT2D eigenvalue weighted by Gasteiger charge is -2.29. The van der Waals surface area contributed by atoms with Crippen molar-refractivity contribution < 1.29 is 9.47 Å². The van der Waals surface area contributed by atoms with E-state index < -0.39 is 0 Å². The molecule has 7 heteroatoms. The maximum atomic E-state index is 5.44. The fraction of sp³-hybridized carbons (Fsp3) is 0.333. The Morgan fingerprint density at radius 1 is 1.04 bits per heavy atom. The SMILES string of the molecule is COc1cc2ncnc(N3CCc4nc(C)ncc4C3)c2cc1OC. The van der Waals surface area contributed by atoms with Gasteiger partial charge in [0.2, 0.25) is 0 Å². The monoisotopic (exact) mass is 337 g/mol. The molecule has 0 unspecified atom stereocenters. The topological polar surface area (TPSA) is 73.3 Å². The van der Waals surface area contributed by atoms with Gasteiger partial charge in [0.05, 0.1) is 25.4 Å². The summed E-state index contributed by atoms with van der Waals surface area (Å²) in [5.41, 5.74) is 3.10. The number of ether oxygens (including phenoxy) is 2. The number of rotatable bonds is 3. The van der Waals surface area contributed by atoms with Crippen LogP contribution in [0, 0.1) is 6.92 Å². The molecule has 0 N–H and O–H groups in total. The second-order valence-electron chi connectivity index (χ2n) is 5.98. The summed E-state index contributed by atoms with van der Waals surface area (Å²) in [5, 5.41) is 0.941. The number of aryl methyl sites for hydroxylation is 1. The van der Waals surface area contributed by atoms with Crippen LogP contribution in [0.5, 0.6) is 11.5 Å². The largest absolute Gasteiger partial charge is 0.493 e. The molecular weight excluding hydrogens is 318 g/mol. The van der Waals surface area contributed by atoms with Crippen LogP contribution in [0.15, 0.2) is 24.7 Å². The van der Waals surface area contributed by atoms with Crippen LogP contribution in [0.1, 0.15) is 17.1 Å². The third-order valence-corrected chi connectivity index (χ3v) is 4.47. The zero-order valence-electron chi connectivity index (χ0n) is 14.5. The average molecular weight is 337 g/mol. The Morgan fingerprint density at radius 3 is 2.64 bits per heavy atom. The second-order valence-corrected chi connectivity index (χ2v) is 5.98. The summed E-state index contributed by atoms with van der Waals surface area (Å²) < 4.78 is 10.8. The molecule has 0 spiro atoms. The number of benzene rings is 1. The fourth-order valence-electron chi connectivity index (χ4n) is 3.22. The molecule has 3 aromatic rings. The highest BCUT2D eigenvalue weighted by atomic mass is 16.5. The van der Waals surface area contributed by atoms with Crippen molar-refractivity contribution in [2.45, 2.75) is 19.9 Å². The van der Waals surface area contributed by atoms with E-state index in [1.54, 1.807) is 20.5 Å². The van der Waals surface area contributed by atoms with Crippen molar-refractivity contribution in [3.63, 3.8) is 0 Å². The van der Waals surface area contributed by atoms with E-state index in [2.05, 4.69) is 24.8 Å². The number of hydrogen-bond acceptors (Lipinski definition) is 7. The summed E-state index contributed by atoms with van der Waals surface area (Å²) in [6.45, 7) is 3.50. The summed E-state index contributed by atoms with van der Waals surface area (Å²) in [4.78, 5) is 20.0. The molecular formula is C18H19N5O2. The number of methoxy groups -OCH3 is 2. The second kappa shape index (κ2) is 6.16. The number of fused-ring (bicyclic) bond motifs is 2. The molecule has 0 saturated heterocycles. The van der Waals surface area contributed by atoms with Crippen LogP contribution in [0.2, 0.25) is 0 Å². The first-order valence-electron chi connectivity index (χ1n) is 8.12. The van der Waals surface area contributed by atoms with E-state index in [0.717, 1.165) is 53.3 Å². The normalized spacial score (nSPS) is 13.6. The van der Waals surface area contributed by atoms with Gasteiger partial charge in [-0.05, 0) is 13.0 Å². The van der Waals surface area contributed by atoms with Gasteiger partial charge in [-0.1, -0.05) is 0 Å². The third-order valence-electron chi connectivity index (χ3n) is 4.47. The van der Waals surface area contributed by atoms with E-state index in [-0.39, 0.29) is 0 Å². The lowest BCUT2D eigenvalue weighted by Crippen LogP contribution is -2.32. The van der Waals surface area contributed by atoms with Gasteiger partial charge in [0.1, 0.15) is 18.0 Å². The Balaban J connectivity index is 1.78. The fourth-order valence-corrected chi connectivity index (χ4v) is 3.22. The predicted octanol–water partition coefficient (Wildman–Crippen LogP) is 2.31. The maximum absolute atomic E-state index is 5.44. The molecule has 1 aliphatic rings.